The largest absolute Gasteiger partial charge is 0.326 e. The molecular formula is C10H15O2PS. The lowest BCUT2D eigenvalue weighted by molar-refractivity contribution is 0.275. The molecule has 0 unspecified atom stereocenters. The average Bonchev–Trinajstić information content (AvgIpc) is 2.20. The third-order valence-electron chi connectivity index (χ3n) is 1.67. The van der Waals surface area contributed by atoms with Crippen LogP contribution in [-0.4, -0.2) is 13.2 Å². The molecule has 0 N–H and O–H groups in total. The fourth-order valence-electron chi connectivity index (χ4n) is 1.14. The maximum atomic E-state index is 5.56. The standard InChI is InChI=1S/C10H15O2PS/c1-3-11-13(14,12-4-2)10-8-6-5-7-9-10/h5-9H,3-4H2,1-2H3. The van der Waals surface area contributed by atoms with Crippen LogP contribution in [0.15, 0.2) is 30.3 Å². The Labute approximate surface area is 90.4 Å². The monoisotopic (exact) mass is 230 g/mol. The van der Waals surface area contributed by atoms with Gasteiger partial charge in [0.15, 0.2) is 0 Å². The molecule has 0 saturated heterocycles. The van der Waals surface area contributed by atoms with Crippen LogP contribution in [0.1, 0.15) is 13.8 Å². The van der Waals surface area contributed by atoms with E-state index in [1.165, 1.54) is 0 Å². The maximum absolute atomic E-state index is 5.56. The molecule has 78 valence electrons. The number of hydrogen-bond donors (Lipinski definition) is 0. The fraction of sp³-hybridized carbons (Fsp3) is 0.400. The molecule has 1 rings (SSSR count). The summed E-state index contributed by atoms with van der Waals surface area (Å²) in [5, 5.41) is 0.985. The van der Waals surface area contributed by atoms with Gasteiger partial charge in [0.05, 0.1) is 13.2 Å². The molecule has 0 aliphatic heterocycles. The van der Waals surface area contributed by atoms with Crippen molar-refractivity contribution in [2.24, 2.45) is 0 Å². The molecule has 0 aliphatic rings. The summed E-state index contributed by atoms with van der Waals surface area (Å²) in [6, 6.07) is 9.79. The summed E-state index contributed by atoms with van der Waals surface area (Å²) in [7, 11) is 0. The predicted octanol–water partition coefficient (Wildman–Crippen LogP) is 2.69. The highest BCUT2D eigenvalue weighted by Crippen LogP contribution is 2.46. The molecule has 0 atom stereocenters. The first-order valence-electron chi connectivity index (χ1n) is 4.67. The molecule has 0 fully saturated rings. The van der Waals surface area contributed by atoms with Crippen LogP contribution in [0.4, 0.5) is 0 Å². The van der Waals surface area contributed by atoms with Gasteiger partial charge in [0.25, 0.3) is 0 Å². The molecule has 0 saturated carbocycles. The minimum absolute atomic E-state index is 0.589. The van der Waals surface area contributed by atoms with Crippen molar-refractivity contribution in [3.8, 4) is 0 Å². The lowest BCUT2D eigenvalue weighted by Gasteiger charge is -2.20. The first-order valence-corrected chi connectivity index (χ1v) is 7.31. The Morgan fingerprint density at radius 2 is 1.57 bits per heavy atom. The quantitative estimate of drug-likeness (QED) is 0.724. The van der Waals surface area contributed by atoms with Crippen molar-refractivity contribution in [1.82, 2.24) is 0 Å². The number of benzene rings is 1. The molecular weight excluding hydrogens is 215 g/mol. The molecule has 0 bridgehead atoms. The average molecular weight is 230 g/mol. The van der Waals surface area contributed by atoms with Gasteiger partial charge in [-0.15, -0.1) is 0 Å². The summed E-state index contributed by atoms with van der Waals surface area (Å²) in [5.41, 5.74) is 0. The molecule has 0 heterocycles. The maximum Gasteiger partial charge on any atom is 0.219 e. The van der Waals surface area contributed by atoms with Crippen LogP contribution >= 0.6 is 6.49 Å². The van der Waals surface area contributed by atoms with Gasteiger partial charge in [-0.3, -0.25) is 0 Å². The van der Waals surface area contributed by atoms with E-state index in [1.807, 2.05) is 44.2 Å². The normalized spacial score (nSPS) is 11.6. The molecule has 14 heavy (non-hydrogen) atoms. The zero-order chi connectivity index (χ0) is 10.4. The Morgan fingerprint density at radius 3 is 2.00 bits per heavy atom. The van der Waals surface area contributed by atoms with Crippen molar-refractivity contribution in [2.75, 3.05) is 13.2 Å². The Balaban J connectivity index is 2.94. The van der Waals surface area contributed by atoms with E-state index in [0.717, 1.165) is 5.30 Å². The lowest BCUT2D eigenvalue weighted by Crippen LogP contribution is -2.09. The van der Waals surface area contributed by atoms with Crippen LogP contribution in [0.2, 0.25) is 0 Å². The zero-order valence-corrected chi connectivity index (χ0v) is 10.2. The van der Waals surface area contributed by atoms with Crippen molar-refractivity contribution < 1.29 is 9.05 Å². The molecule has 4 heteroatoms. The van der Waals surface area contributed by atoms with Gasteiger partial charge in [-0.05, 0) is 37.8 Å². The van der Waals surface area contributed by atoms with Crippen LogP contribution in [0, 0.1) is 0 Å². The van der Waals surface area contributed by atoms with E-state index < -0.39 is 6.49 Å². The molecule has 1 aromatic rings. The summed E-state index contributed by atoms with van der Waals surface area (Å²) in [6.45, 7) is 2.81. The van der Waals surface area contributed by atoms with E-state index >= 15 is 0 Å². The van der Waals surface area contributed by atoms with Crippen LogP contribution < -0.4 is 5.30 Å². The second kappa shape index (κ2) is 5.62. The Hall–Kier alpha value is -0.210. The third kappa shape index (κ3) is 2.89. The smallest absolute Gasteiger partial charge is 0.219 e. The van der Waals surface area contributed by atoms with Gasteiger partial charge in [-0.2, -0.15) is 0 Å². The molecule has 1 aromatic carbocycles. The molecule has 0 aliphatic carbocycles. The molecule has 0 spiro atoms. The van der Waals surface area contributed by atoms with Crippen molar-refractivity contribution in [3.05, 3.63) is 30.3 Å². The summed E-state index contributed by atoms with van der Waals surface area (Å²) < 4.78 is 11.1. The van der Waals surface area contributed by atoms with E-state index in [-0.39, 0.29) is 0 Å². The Kier molecular flexibility index (Phi) is 4.76. The van der Waals surface area contributed by atoms with E-state index in [1.54, 1.807) is 0 Å². The zero-order valence-electron chi connectivity index (χ0n) is 8.47. The van der Waals surface area contributed by atoms with Crippen molar-refractivity contribution in [1.29, 1.82) is 0 Å². The Bertz CT molecular complexity index is 303. The van der Waals surface area contributed by atoms with Crippen molar-refractivity contribution >= 4 is 23.6 Å². The van der Waals surface area contributed by atoms with Crippen LogP contribution in [-0.2, 0) is 20.9 Å². The van der Waals surface area contributed by atoms with Gasteiger partial charge in [-0.1, -0.05) is 18.2 Å². The summed E-state index contributed by atoms with van der Waals surface area (Å²) in [5.74, 6) is 0. The van der Waals surface area contributed by atoms with E-state index in [2.05, 4.69) is 0 Å². The topological polar surface area (TPSA) is 18.5 Å². The van der Waals surface area contributed by atoms with Gasteiger partial charge in [0.2, 0.25) is 6.49 Å². The van der Waals surface area contributed by atoms with E-state index in [9.17, 15) is 0 Å². The minimum atomic E-state index is -2.24. The highest BCUT2D eigenvalue weighted by Gasteiger charge is 2.19. The van der Waals surface area contributed by atoms with Crippen LogP contribution in [0.5, 0.6) is 0 Å². The van der Waals surface area contributed by atoms with Gasteiger partial charge >= 0.3 is 0 Å². The highest BCUT2D eigenvalue weighted by molar-refractivity contribution is 8.13. The Morgan fingerprint density at radius 1 is 1.07 bits per heavy atom. The van der Waals surface area contributed by atoms with E-state index in [4.69, 9.17) is 20.9 Å². The number of rotatable bonds is 5. The summed E-state index contributed by atoms with van der Waals surface area (Å²) in [6.07, 6.45) is 0. The number of hydrogen-bond acceptors (Lipinski definition) is 3. The first kappa shape index (κ1) is 11.9. The van der Waals surface area contributed by atoms with Crippen molar-refractivity contribution in [3.63, 3.8) is 0 Å². The van der Waals surface area contributed by atoms with Crippen LogP contribution in [0.3, 0.4) is 0 Å². The second-order valence-electron chi connectivity index (χ2n) is 2.67. The predicted molar refractivity (Wildman–Crippen MR) is 63.6 cm³/mol. The molecule has 0 aromatic heterocycles. The van der Waals surface area contributed by atoms with Gasteiger partial charge < -0.3 is 9.05 Å². The third-order valence-corrected chi connectivity index (χ3v) is 5.06. The van der Waals surface area contributed by atoms with E-state index in [0.29, 0.717) is 13.2 Å². The van der Waals surface area contributed by atoms with Crippen LogP contribution in [0.25, 0.3) is 0 Å². The van der Waals surface area contributed by atoms with Crippen molar-refractivity contribution in [2.45, 2.75) is 13.8 Å². The first-order chi connectivity index (χ1) is 6.73. The summed E-state index contributed by atoms with van der Waals surface area (Å²) in [4.78, 5) is 0. The van der Waals surface area contributed by atoms with Gasteiger partial charge in [0, 0.05) is 5.30 Å². The SMILES string of the molecule is CCOP(=S)(OCC)c1ccccc1. The second-order valence-corrected chi connectivity index (χ2v) is 6.14. The van der Waals surface area contributed by atoms with Gasteiger partial charge in [0.1, 0.15) is 0 Å². The minimum Gasteiger partial charge on any atom is -0.326 e. The van der Waals surface area contributed by atoms with Gasteiger partial charge in [-0.25, -0.2) is 0 Å². The molecule has 0 radical (unpaired) electrons. The summed E-state index contributed by atoms with van der Waals surface area (Å²) >= 11 is 5.43. The lowest BCUT2D eigenvalue weighted by atomic mass is 10.4. The molecule has 0 amide bonds. The fourth-order valence-corrected chi connectivity index (χ4v) is 3.72. The molecule has 2 nitrogen and oxygen atoms in total. The highest BCUT2D eigenvalue weighted by atomic mass is 32.5.